The van der Waals surface area contributed by atoms with E-state index in [4.69, 9.17) is 33.0 Å². The Morgan fingerprint density at radius 1 is 0.957 bits per heavy atom. The van der Waals surface area contributed by atoms with Crippen LogP contribution < -0.4 is 9.64 Å². The van der Waals surface area contributed by atoms with Crippen LogP contribution in [0.1, 0.15) is 30.7 Å². The molecule has 4 amide bonds. The number of carbonyl (C=O) groups is 5. The minimum absolute atomic E-state index is 0.0161. The molecule has 17 heteroatoms. The van der Waals surface area contributed by atoms with Crippen molar-refractivity contribution in [3.8, 4) is 11.5 Å². The topological polar surface area (TPSA) is 142 Å². The molecule has 0 radical (unpaired) electrons. The molecule has 10 nitrogen and oxygen atoms in total. The summed E-state index contributed by atoms with van der Waals surface area (Å²) in [6.07, 6.45) is 0.0772. The average molecular weight is 703 g/mol. The van der Waals surface area contributed by atoms with E-state index in [2.05, 4.69) is 0 Å². The van der Waals surface area contributed by atoms with Gasteiger partial charge in [0.2, 0.25) is 17.6 Å². The smallest absolute Gasteiger partial charge is 0.305 e. The summed E-state index contributed by atoms with van der Waals surface area (Å²) in [5, 5.41) is 19.7. The number of likely N-dealkylation sites (tertiary alicyclic amines) is 1. The molecule has 2 aromatic carbocycles. The number of benzene rings is 2. The summed E-state index contributed by atoms with van der Waals surface area (Å²) < 4.78 is 77.8. The van der Waals surface area contributed by atoms with Crippen molar-refractivity contribution in [2.45, 2.75) is 34.9 Å². The van der Waals surface area contributed by atoms with Crippen LogP contribution in [0.25, 0.3) is 0 Å². The minimum atomic E-state index is -2.75. The fraction of sp³-hybridized carbons (Fsp3) is 0.367. The number of fused-ring (bicyclic) bond motifs is 4. The predicted octanol–water partition coefficient (Wildman–Crippen LogP) is 4.13. The molecular formula is C30H21Cl2F5N2O8. The molecule has 6 unspecified atom stereocenters. The van der Waals surface area contributed by atoms with Crippen molar-refractivity contribution in [2.75, 3.05) is 18.6 Å². The number of carbonyl (C=O) groups excluding carboxylic acids is 4. The third-order valence-electron chi connectivity index (χ3n) is 9.40. The molecule has 47 heavy (non-hydrogen) atoms. The van der Waals surface area contributed by atoms with Gasteiger partial charge in [0.05, 0.1) is 25.4 Å². The van der Waals surface area contributed by atoms with Gasteiger partial charge in [-0.05, 0) is 36.5 Å². The zero-order valence-electron chi connectivity index (χ0n) is 23.8. The monoisotopic (exact) mass is 702 g/mol. The number of anilines is 1. The number of alkyl halides is 2. The fourth-order valence-corrected chi connectivity index (χ4v) is 8.26. The zero-order valence-corrected chi connectivity index (χ0v) is 25.3. The standard InChI is InChI=1S/C30H21Cl2F5N2O8/c1-47-15-5-2-10(8-14(15)40)18-11-3-4-12-17(26(44)38(25(12)43)7-6-16(41)42)13(11)9-29(31)27(45)39(28(46)30(18,29)32)24-22(36)20(34)19(33)21(35)23(24)37/h2-3,5,8,12-13,17-18,40H,4,6-7,9H2,1H3,(H,41,42). The number of phenolic OH excluding ortho intramolecular Hbond substituents is 1. The number of phenols is 1. The SMILES string of the molecule is COc1ccc(C2C3=CCC4C(=O)N(CCC(=O)O)C(=O)C4C3CC3(Cl)C(=O)N(c4c(F)c(F)c(F)c(F)c4F)C(=O)C23Cl)cc1O. The molecule has 2 aromatic rings. The van der Waals surface area contributed by atoms with Crippen molar-refractivity contribution < 1.29 is 60.9 Å². The molecule has 0 aromatic heterocycles. The lowest BCUT2D eigenvalue weighted by atomic mass is 9.56. The Labute approximate surface area is 271 Å². The Morgan fingerprint density at radius 2 is 1.57 bits per heavy atom. The second-order valence-corrected chi connectivity index (χ2v) is 12.8. The summed E-state index contributed by atoms with van der Waals surface area (Å²) in [6.45, 7) is -0.464. The average Bonchev–Trinajstić information content (AvgIpc) is 3.35. The summed E-state index contributed by atoms with van der Waals surface area (Å²) in [5.41, 5.74) is -1.76. The van der Waals surface area contributed by atoms with Crippen LogP contribution >= 0.6 is 23.2 Å². The van der Waals surface area contributed by atoms with Crippen molar-refractivity contribution in [1.29, 1.82) is 0 Å². The van der Waals surface area contributed by atoms with Gasteiger partial charge in [-0.1, -0.05) is 17.7 Å². The molecule has 2 N–H and O–H groups in total. The lowest BCUT2D eigenvalue weighted by molar-refractivity contribution is -0.142. The van der Waals surface area contributed by atoms with Crippen molar-refractivity contribution in [1.82, 2.24) is 4.90 Å². The third kappa shape index (κ3) is 4.24. The number of halogens is 7. The first kappa shape index (κ1) is 32.7. The molecular weight excluding hydrogens is 682 g/mol. The fourth-order valence-electron chi connectivity index (χ4n) is 7.32. The van der Waals surface area contributed by atoms with Crippen molar-refractivity contribution in [3.63, 3.8) is 0 Å². The van der Waals surface area contributed by atoms with Crippen LogP contribution in [0.5, 0.6) is 11.5 Å². The van der Waals surface area contributed by atoms with E-state index >= 15 is 8.78 Å². The maximum atomic E-state index is 15.1. The van der Waals surface area contributed by atoms with E-state index in [1.807, 2.05) is 0 Å². The van der Waals surface area contributed by atoms with Gasteiger partial charge >= 0.3 is 5.97 Å². The summed E-state index contributed by atoms with van der Waals surface area (Å²) >= 11 is 14.0. The number of aliphatic carboxylic acids is 1. The van der Waals surface area contributed by atoms with Crippen LogP contribution in [-0.4, -0.2) is 68.1 Å². The second-order valence-electron chi connectivity index (χ2n) is 11.6. The molecule has 3 fully saturated rings. The van der Waals surface area contributed by atoms with Gasteiger partial charge in [-0.15, -0.1) is 23.2 Å². The Bertz CT molecular complexity index is 1830. The highest BCUT2D eigenvalue weighted by atomic mass is 35.5. The number of aromatic hydroxyl groups is 1. The van der Waals surface area contributed by atoms with Gasteiger partial charge in [-0.25, -0.2) is 26.9 Å². The first-order chi connectivity index (χ1) is 22.0. The summed E-state index contributed by atoms with van der Waals surface area (Å²) in [5.74, 6) is -24.2. The molecule has 6 rings (SSSR count). The number of nitrogens with zero attached hydrogens (tertiary/aromatic N) is 2. The van der Waals surface area contributed by atoms with E-state index in [1.54, 1.807) is 0 Å². The number of hydrogen-bond donors (Lipinski definition) is 2. The predicted molar refractivity (Wildman–Crippen MR) is 150 cm³/mol. The van der Waals surface area contributed by atoms with E-state index < -0.39 is 123 Å². The van der Waals surface area contributed by atoms with Gasteiger partial charge < -0.3 is 14.9 Å². The minimum Gasteiger partial charge on any atom is -0.504 e. The van der Waals surface area contributed by atoms with Crippen molar-refractivity contribution in [3.05, 3.63) is 64.5 Å². The highest BCUT2D eigenvalue weighted by Gasteiger charge is 2.77. The van der Waals surface area contributed by atoms with Gasteiger partial charge in [-0.2, -0.15) is 0 Å². The van der Waals surface area contributed by atoms with Crippen molar-refractivity contribution >= 4 is 58.5 Å². The lowest BCUT2D eigenvalue weighted by Crippen LogP contribution is -2.60. The maximum Gasteiger partial charge on any atom is 0.305 e. The zero-order chi connectivity index (χ0) is 34.5. The van der Waals surface area contributed by atoms with Crippen molar-refractivity contribution in [2.24, 2.45) is 17.8 Å². The van der Waals surface area contributed by atoms with Gasteiger partial charge in [0.15, 0.2) is 44.5 Å². The number of carboxylic acid groups (broad SMARTS) is 1. The van der Waals surface area contributed by atoms with Crippen LogP contribution in [0.2, 0.25) is 0 Å². The van der Waals surface area contributed by atoms with Crippen LogP contribution in [-0.2, 0) is 24.0 Å². The number of ether oxygens (including phenoxy) is 1. The summed E-state index contributed by atoms with van der Waals surface area (Å²) in [4.78, 5) is 61.4. The number of imide groups is 2. The van der Waals surface area contributed by atoms with Crippen LogP contribution in [0.3, 0.4) is 0 Å². The number of methoxy groups -OCH3 is 1. The molecule has 4 aliphatic rings. The summed E-state index contributed by atoms with van der Waals surface area (Å²) in [7, 11) is 1.24. The van der Waals surface area contributed by atoms with Gasteiger partial charge in [0.25, 0.3) is 11.8 Å². The quantitative estimate of drug-likeness (QED) is 0.114. The Balaban J connectivity index is 1.56. The second kappa shape index (κ2) is 10.9. The van der Waals surface area contributed by atoms with Crippen LogP contribution in [0, 0.1) is 46.8 Å². The largest absolute Gasteiger partial charge is 0.504 e. The Morgan fingerprint density at radius 3 is 2.15 bits per heavy atom. The number of allylic oxidation sites excluding steroid dienone is 2. The molecule has 0 spiro atoms. The number of amides is 4. The highest BCUT2D eigenvalue weighted by molar-refractivity contribution is 6.58. The number of hydrogen-bond acceptors (Lipinski definition) is 7. The van der Waals surface area contributed by atoms with Crippen LogP contribution in [0.15, 0.2) is 29.8 Å². The van der Waals surface area contributed by atoms with E-state index in [0.29, 0.717) is 0 Å². The van der Waals surface area contributed by atoms with E-state index in [9.17, 15) is 42.3 Å². The van der Waals surface area contributed by atoms with Gasteiger partial charge in [0.1, 0.15) is 5.69 Å². The normalized spacial score (nSPS) is 29.9. The Kier molecular flexibility index (Phi) is 7.59. The van der Waals surface area contributed by atoms with E-state index in [0.717, 1.165) is 11.0 Å². The van der Waals surface area contributed by atoms with Crippen LogP contribution in [0.4, 0.5) is 27.6 Å². The molecule has 2 saturated heterocycles. The molecule has 248 valence electrons. The first-order valence-corrected chi connectivity index (χ1v) is 14.7. The molecule has 2 aliphatic heterocycles. The maximum absolute atomic E-state index is 15.1. The Hall–Kier alpha value is -4.24. The molecule has 2 heterocycles. The number of rotatable bonds is 6. The first-order valence-electron chi connectivity index (χ1n) is 13.9. The molecule has 6 atom stereocenters. The van der Waals surface area contributed by atoms with Gasteiger partial charge in [-0.3, -0.25) is 28.9 Å². The van der Waals surface area contributed by atoms with E-state index in [1.165, 1.54) is 25.3 Å². The molecule has 2 aliphatic carbocycles. The number of carboxylic acids is 1. The molecule has 1 saturated carbocycles. The lowest BCUT2D eigenvalue weighted by Gasteiger charge is -2.50. The van der Waals surface area contributed by atoms with E-state index in [-0.39, 0.29) is 28.2 Å². The summed E-state index contributed by atoms with van der Waals surface area (Å²) in [6, 6.07) is 3.68. The van der Waals surface area contributed by atoms with Gasteiger partial charge in [0, 0.05) is 12.5 Å². The third-order valence-corrected chi connectivity index (χ3v) is 10.8. The highest BCUT2D eigenvalue weighted by Crippen LogP contribution is 2.66. The molecule has 0 bridgehead atoms.